The molecule has 0 heterocycles. The van der Waals surface area contributed by atoms with Crippen LogP contribution in [-0.4, -0.2) is 30.8 Å². The standard InChI is InChI=1S/C12H15NO.BrH/c1-13(2)11-8-7-9-5-3-4-6-10(9)12(11)14;/h3-6,11H,7-8H2,1-2H3;1H. The van der Waals surface area contributed by atoms with Crippen LogP contribution in [0.25, 0.3) is 0 Å². The molecule has 2 nitrogen and oxygen atoms in total. The van der Waals surface area contributed by atoms with E-state index in [1.54, 1.807) is 0 Å². The number of benzene rings is 1. The summed E-state index contributed by atoms with van der Waals surface area (Å²) in [5.41, 5.74) is 2.12. The number of carbonyl (C=O) groups is 1. The number of nitrogens with zero attached hydrogens (tertiary/aromatic N) is 1. The van der Waals surface area contributed by atoms with Crippen molar-refractivity contribution >= 4 is 22.8 Å². The van der Waals surface area contributed by atoms with E-state index in [2.05, 4.69) is 6.07 Å². The average molecular weight is 270 g/mol. The zero-order valence-corrected chi connectivity index (χ0v) is 10.8. The van der Waals surface area contributed by atoms with Crippen molar-refractivity contribution < 1.29 is 4.79 Å². The van der Waals surface area contributed by atoms with Crippen LogP contribution in [0.3, 0.4) is 0 Å². The maximum absolute atomic E-state index is 12.0. The lowest BCUT2D eigenvalue weighted by atomic mass is 9.87. The van der Waals surface area contributed by atoms with Crippen molar-refractivity contribution in [1.29, 1.82) is 0 Å². The van der Waals surface area contributed by atoms with E-state index in [0.29, 0.717) is 0 Å². The van der Waals surface area contributed by atoms with Gasteiger partial charge >= 0.3 is 0 Å². The van der Waals surface area contributed by atoms with E-state index in [4.69, 9.17) is 0 Å². The molecule has 82 valence electrons. The number of aryl methyl sites for hydroxylation is 1. The molecular formula is C12H16BrNO. The molecule has 3 heteroatoms. The third kappa shape index (κ3) is 2.29. The molecule has 0 saturated heterocycles. The summed E-state index contributed by atoms with van der Waals surface area (Å²) in [6.07, 6.45) is 1.97. The summed E-state index contributed by atoms with van der Waals surface area (Å²) < 4.78 is 0. The molecular weight excluding hydrogens is 254 g/mol. The van der Waals surface area contributed by atoms with Crippen LogP contribution < -0.4 is 0 Å². The first-order chi connectivity index (χ1) is 6.70. The topological polar surface area (TPSA) is 20.3 Å². The summed E-state index contributed by atoms with van der Waals surface area (Å²) in [6.45, 7) is 0. The smallest absolute Gasteiger partial charge is 0.180 e. The first kappa shape index (κ1) is 12.4. The van der Waals surface area contributed by atoms with E-state index in [-0.39, 0.29) is 28.8 Å². The normalized spacial score (nSPS) is 19.7. The monoisotopic (exact) mass is 269 g/mol. The zero-order chi connectivity index (χ0) is 10.1. The Bertz CT molecular complexity index is 362. The number of hydrogen-bond donors (Lipinski definition) is 0. The molecule has 0 radical (unpaired) electrons. The Morgan fingerprint density at radius 3 is 2.60 bits per heavy atom. The highest BCUT2D eigenvalue weighted by Crippen LogP contribution is 2.23. The highest BCUT2D eigenvalue weighted by atomic mass is 79.9. The van der Waals surface area contributed by atoms with Gasteiger partial charge in [-0.1, -0.05) is 24.3 Å². The van der Waals surface area contributed by atoms with Crippen LogP contribution in [0.2, 0.25) is 0 Å². The Kier molecular flexibility index (Phi) is 4.05. The molecule has 1 aromatic carbocycles. The van der Waals surface area contributed by atoms with Gasteiger partial charge in [-0.05, 0) is 32.5 Å². The summed E-state index contributed by atoms with van der Waals surface area (Å²) in [5, 5.41) is 0. The Labute approximate surface area is 101 Å². The van der Waals surface area contributed by atoms with Gasteiger partial charge in [0.1, 0.15) is 0 Å². The highest BCUT2D eigenvalue weighted by Gasteiger charge is 2.27. The predicted octanol–water partition coefficient (Wildman–Crippen LogP) is 2.32. The number of rotatable bonds is 1. The van der Waals surface area contributed by atoms with Crippen molar-refractivity contribution in [2.24, 2.45) is 0 Å². The molecule has 1 aliphatic carbocycles. The molecule has 1 atom stereocenters. The minimum Gasteiger partial charge on any atom is -0.299 e. The Morgan fingerprint density at radius 1 is 1.27 bits per heavy atom. The molecule has 0 aromatic heterocycles. The van der Waals surface area contributed by atoms with Gasteiger partial charge in [0.25, 0.3) is 0 Å². The van der Waals surface area contributed by atoms with Crippen molar-refractivity contribution in [3.8, 4) is 0 Å². The third-order valence-corrected chi connectivity index (χ3v) is 2.90. The number of likely N-dealkylation sites (N-methyl/N-ethyl adjacent to an activating group) is 1. The SMILES string of the molecule is Br.CN(C)C1CCc2ccccc2C1=O. The van der Waals surface area contributed by atoms with Gasteiger partial charge in [0.15, 0.2) is 5.78 Å². The molecule has 0 N–H and O–H groups in total. The van der Waals surface area contributed by atoms with Crippen LogP contribution in [0, 0.1) is 0 Å². The Hall–Kier alpha value is -0.670. The molecule has 1 aliphatic rings. The van der Waals surface area contributed by atoms with Gasteiger partial charge in [-0.2, -0.15) is 0 Å². The van der Waals surface area contributed by atoms with Gasteiger partial charge in [-0.3, -0.25) is 9.69 Å². The Balaban J connectivity index is 0.00000112. The highest BCUT2D eigenvalue weighted by molar-refractivity contribution is 8.93. The van der Waals surface area contributed by atoms with Gasteiger partial charge in [0, 0.05) is 5.56 Å². The molecule has 0 fully saturated rings. The second-order valence-electron chi connectivity index (χ2n) is 4.04. The van der Waals surface area contributed by atoms with Crippen molar-refractivity contribution in [3.05, 3.63) is 35.4 Å². The van der Waals surface area contributed by atoms with Gasteiger partial charge in [0.05, 0.1) is 6.04 Å². The molecule has 1 unspecified atom stereocenters. The van der Waals surface area contributed by atoms with Crippen LogP contribution in [0.4, 0.5) is 0 Å². The summed E-state index contributed by atoms with van der Waals surface area (Å²) >= 11 is 0. The maximum Gasteiger partial charge on any atom is 0.180 e. The molecule has 0 bridgehead atoms. The van der Waals surface area contributed by atoms with Crippen molar-refractivity contribution in [2.45, 2.75) is 18.9 Å². The molecule has 0 saturated carbocycles. The van der Waals surface area contributed by atoms with Crippen LogP contribution in [0.15, 0.2) is 24.3 Å². The molecule has 0 amide bonds. The lowest BCUT2D eigenvalue weighted by molar-refractivity contribution is 0.0853. The molecule has 2 rings (SSSR count). The van der Waals surface area contributed by atoms with Gasteiger partial charge < -0.3 is 0 Å². The molecule has 0 aliphatic heterocycles. The van der Waals surface area contributed by atoms with Crippen LogP contribution >= 0.6 is 17.0 Å². The lowest BCUT2D eigenvalue weighted by Gasteiger charge is -2.28. The van der Waals surface area contributed by atoms with E-state index in [1.165, 1.54) is 5.56 Å². The number of Topliss-reactive ketones (excluding diaryl/α,β-unsaturated/α-hetero) is 1. The fraction of sp³-hybridized carbons (Fsp3) is 0.417. The third-order valence-electron chi connectivity index (χ3n) is 2.90. The molecule has 15 heavy (non-hydrogen) atoms. The summed E-state index contributed by atoms with van der Waals surface area (Å²) in [5.74, 6) is 0.275. The number of ketones is 1. The minimum atomic E-state index is 0. The minimum absolute atomic E-state index is 0. The summed E-state index contributed by atoms with van der Waals surface area (Å²) in [7, 11) is 3.94. The summed E-state index contributed by atoms with van der Waals surface area (Å²) in [4.78, 5) is 14.0. The van der Waals surface area contributed by atoms with E-state index < -0.39 is 0 Å². The number of carbonyl (C=O) groups excluding carboxylic acids is 1. The largest absolute Gasteiger partial charge is 0.299 e. The fourth-order valence-electron chi connectivity index (χ4n) is 2.07. The first-order valence-corrected chi connectivity index (χ1v) is 4.98. The van der Waals surface area contributed by atoms with Crippen molar-refractivity contribution in [2.75, 3.05) is 14.1 Å². The molecule has 1 aromatic rings. The van der Waals surface area contributed by atoms with Crippen molar-refractivity contribution in [3.63, 3.8) is 0 Å². The molecule has 0 spiro atoms. The second kappa shape index (κ2) is 4.90. The van der Waals surface area contributed by atoms with E-state index in [1.807, 2.05) is 37.2 Å². The van der Waals surface area contributed by atoms with Crippen molar-refractivity contribution in [1.82, 2.24) is 4.90 Å². The average Bonchev–Trinajstić information content (AvgIpc) is 2.18. The number of fused-ring (bicyclic) bond motifs is 1. The van der Waals surface area contributed by atoms with Gasteiger partial charge in [-0.15, -0.1) is 17.0 Å². The second-order valence-corrected chi connectivity index (χ2v) is 4.04. The maximum atomic E-state index is 12.0. The zero-order valence-electron chi connectivity index (χ0n) is 9.06. The van der Waals surface area contributed by atoms with Crippen LogP contribution in [0.1, 0.15) is 22.3 Å². The predicted molar refractivity (Wildman–Crippen MR) is 66.9 cm³/mol. The van der Waals surface area contributed by atoms with Crippen LogP contribution in [0.5, 0.6) is 0 Å². The van der Waals surface area contributed by atoms with E-state index in [9.17, 15) is 4.79 Å². The fourth-order valence-corrected chi connectivity index (χ4v) is 2.07. The van der Waals surface area contributed by atoms with Gasteiger partial charge in [0.2, 0.25) is 0 Å². The van der Waals surface area contributed by atoms with Gasteiger partial charge in [-0.25, -0.2) is 0 Å². The Morgan fingerprint density at radius 2 is 1.93 bits per heavy atom. The quantitative estimate of drug-likeness (QED) is 0.780. The van der Waals surface area contributed by atoms with Crippen LogP contribution in [-0.2, 0) is 6.42 Å². The summed E-state index contributed by atoms with van der Waals surface area (Å²) in [6, 6.07) is 8.01. The van der Waals surface area contributed by atoms with E-state index in [0.717, 1.165) is 18.4 Å². The van der Waals surface area contributed by atoms with E-state index >= 15 is 0 Å². The number of hydrogen-bond acceptors (Lipinski definition) is 2. The number of halogens is 1. The first-order valence-electron chi connectivity index (χ1n) is 4.98. The lowest BCUT2D eigenvalue weighted by Crippen LogP contribution is -2.39.